The predicted octanol–water partition coefficient (Wildman–Crippen LogP) is 4.92. The highest BCUT2D eigenvalue weighted by Gasteiger charge is 2.38. The van der Waals surface area contributed by atoms with Gasteiger partial charge >= 0.3 is 0 Å². The molecule has 2 rings (SSSR count). The second-order valence-corrected chi connectivity index (χ2v) is 8.18. The van der Waals surface area contributed by atoms with E-state index in [0.717, 1.165) is 18.4 Å². The van der Waals surface area contributed by atoms with Gasteiger partial charge in [-0.2, -0.15) is 0 Å². The van der Waals surface area contributed by atoms with Gasteiger partial charge in [-0.3, -0.25) is 0 Å². The van der Waals surface area contributed by atoms with E-state index in [2.05, 4.69) is 33.0 Å². The van der Waals surface area contributed by atoms with Gasteiger partial charge in [0.15, 0.2) is 0 Å². The number of rotatable bonds is 6. The summed E-state index contributed by atoms with van der Waals surface area (Å²) in [6, 6.07) is 0.555. The largest absolute Gasteiger partial charge is 0.370 e. The van der Waals surface area contributed by atoms with Gasteiger partial charge in [-0.25, -0.2) is 0 Å². The summed E-state index contributed by atoms with van der Waals surface area (Å²) in [7, 11) is 0. The first-order valence-electron chi connectivity index (χ1n) is 9.42. The third-order valence-electron chi connectivity index (χ3n) is 5.69. The van der Waals surface area contributed by atoms with Crippen LogP contribution in [-0.4, -0.2) is 24.3 Å². The maximum atomic E-state index is 6.74. The molecular formula is C19H37NO. The highest BCUT2D eigenvalue weighted by atomic mass is 16.5. The first-order valence-corrected chi connectivity index (χ1v) is 9.42. The van der Waals surface area contributed by atoms with E-state index < -0.39 is 0 Å². The van der Waals surface area contributed by atoms with Crippen LogP contribution >= 0.6 is 0 Å². The van der Waals surface area contributed by atoms with E-state index in [4.69, 9.17) is 4.74 Å². The van der Waals surface area contributed by atoms with Crippen molar-refractivity contribution in [3.63, 3.8) is 0 Å². The number of hydrogen-bond acceptors (Lipinski definition) is 2. The van der Waals surface area contributed by atoms with Gasteiger partial charge in [-0.15, -0.1) is 0 Å². The van der Waals surface area contributed by atoms with Crippen LogP contribution in [0.25, 0.3) is 0 Å². The quantitative estimate of drug-likeness (QED) is 0.751. The summed E-state index contributed by atoms with van der Waals surface area (Å²) < 4.78 is 6.74. The minimum atomic E-state index is 0.123. The lowest BCUT2D eigenvalue weighted by Crippen LogP contribution is -2.50. The smallest absolute Gasteiger partial charge is 0.0810 e. The van der Waals surface area contributed by atoms with E-state index in [1.807, 2.05) is 0 Å². The van der Waals surface area contributed by atoms with Crippen LogP contribution < -0.4 is 5.32 Å². The molecule has 0 heterocycles. The molecule has 0 aromatic heterocycles. The monoisotopic (exact) mass is 295 g/mol. The maximum Gasteiger partial charge on any atom is 0.0810 e. The highest BCUT2D eigenvalue weighted by Crippen LogP contribution is 2.40. The molecule has 1 N–H and O–H groups in total. The Morgan fingerprint density at radius 3 is 2.10 bits per heavy atom. The second kappa shape index (κ2) is 7.97. The third kappa shape index (κ3) is 5.25. The van der Waals surface area contributed by atoms with E-state index in [1.54, 1.807) is 0 Å². The summed E-state index contributed by atoms with van der Waals surface area (Å²) in [4.78, 5) is 0. The average molecular weight is 296 g/mol. The fourth-order valence-electron chi connectivity index (χ4n) is 4.10. The fraction of sp³-hybridized carbons (Fsp3) is 1.00. The van der Waals surface area contributed by atoms with Gasteiger partial charge in [-0.1, -0.05) is 47.0 Å². The average Bonchev–Trinajstić information content (AvgIpc) is 2.47. The fourth-order valence-corrected chi connectivity index (χ4v) is 4.10. The van der Waals surface area contributed by atoms with Gasteiger partial charge in [0.1, 0.15) is 0 Å². The first kappa shape index (κ1) is 17.3. The summed E-state index contributed by atoms with van der Waals surface area (Å²) in [6.07, 6.45) is 12.5. The lowest BCUT2D eigenvalue weighted by atomic mass is 9.74. The summed E-state index contributed by atoms with van der Waals surface area (Å²) in [5.74, 6) is 1.74. The summed E-state index contributed by atoms with van der Waals surface area (Å²) in [5, 5.41) is 3.66. The molecule has 2 fully saturated rings. The molecular weight excluding hydrogens is 258 g/mol. The van der Waals surface area contributed by atoms with Crippen molar-refractivity contribution in [1.29, 1.82) is 0 Å². The third-order valence-corrected chi connectivity index (χ3v) is 5.69. The Kier molecular flexibility index (Phi) is 6.55. The van der Waals surface area contributed by atoms with Gasteiger partial charge in [-0.05, 0) is 50.4 Å². The van der Waals surface area contributed by atoms with Gasteiger partial charge in [0.25, 0.3) is 0 Å². The minimum Gasteiger partial charge on any atom is -0.370 e. The Hall–Kier alpha value is -0.0800. The molecule has 0 radical (unpaired) electrons. The first-order chi connectivity index (χ1) is 10.0. The molecule has 124 valence electrons. The SMILES string of the molecule is CC(C)NCC1(OC2CCCCC2)CCC(C(C)C)CC1. The second-order valence-electron chi connectivity index (χ2n) is 8.18. The molecule has 0 aromatic carbocycles. The minimum absolute atomic E-state index is 0.123. The van der Waals surface area contributed by atoms with Crippen molar-refractivity contribution in [2.75, 3.05) is 6.54 Å². The van der Waals surface area contributed by atoms with Crippen molar-refractivity contribution in [2.45, 2.75) is 103 Å². The zero-order valence-electron chi connectivity index (χ0n) is 14.8. The van der Waals surface area contributed by atoms with Crippen molar-refractivity contribution in [1.82, 2.24) is 5.32 Å². The van der Waals surface area contributed by atoms with Crippen LogP contribution in [0, 0.1) is 11.8 Å². The molecule has 0 unspecified atom stereocenters. The van der Waals surface area contributed by atoms with Crippen molar-refractivity contribution < 1.29 is 4.74 Å². The molecule has 0 amide bonds. The van der Waals surface area contributed by atoms with Gasteiger partial charge in [0, 0.05) is 12.6 Å². The normalized spacial score (nSPS) is 32.0. The molecule has 0 aliphatic heterocycles. The Bertz CT molecular complexity index is 286. The lowest BCUT2D eigenvalue weighted by Gasteiger charge is -2.44. The molecule has 2 saturated carbocycles. The summed E-state index contributed by atoms with van der Waals surface area (Å²) >= 11 is 0. The molecule has 2 aliphatic carbocycles. The molecule has 0 aromatic rings. The van der Waals surface area contributed by atoms with Crippen LogP contribution in [0.4, 0.5) is 0 Å². The zero-order chi connectivity index (χ0) is 15.3. The Balaban J connectivity index is 1.94. The van der Waals surface area contributed by atoms with Crippen LogP contribution in [0.1, 0.15) is 85.5 Å². The zero-order valence-corrected chi connectivity index (χ0v) is 14.8. The molecule has 0 saturated heterocycles. The van der Waals surface area contributed by atoms with Gasteiger partial charge in [0.2, 0.25) is 0 Å². The van der Waals surface area contributed by atoms with E-state index in [0.29, 0.717) is 12.1 Å². The van der Waals surface area contributed by atoms with E-state index >= 15 is 0 Å². The highest BCUT2D eigenvalue weighted by molar-refractivity contribution is 4.91. The Labute approximate surface area is 132 Å². The van der Waals surface area contributed by atoms with Crippen LogP contribution in [0.2, 0.25) is 0 Å². The molecule has 21 heavy (non-hydrogen) atoms. The number of ether oxygens (including phenoxy) is 1. The van der Waals surface area contributed by atoms with Crippen LogP contribution in [0.3, 0.4) is 0 Å². The molecule has 2 heteroatoms. The lowest BCUT2D eigenvalue weighted by molar-refractivity contribution is -0.129. The standard InChI is InChI=1S/C19H37NO/c1-15(2)17-10-12-19(13-11-17,14-20-16(3)4)21-18-8-6-5-7-9-18/h15-18,20H,5-14H2,1-4H3. The van der Waals surface area contributed by atoms with Gasteiger partial charge < -0.3 is 10.1 Å². The molecule has 0 bridgehead atoms. The summed E-state index contributed by atoms with van der Waals surface area (Å²) in [5.41, 5.74) is 0.123. The Morgan fingerprint density at radius 1 is 0.952 bits per heavy atom. The van der Waals surface area contributed by atoms with Crippen LogP contribution in [-0.2, 0) is 4.74 Å². The molecule has 2 nitrogen and oxygen atoms in total. The Morgan fingerprint density at radius 2 is 1.57 bits per heavy atom. The van der Waals surface area contributed by atoms with Gasteiger partial charge in [0.05, 0.1) is 11.7 Å². The van der Waals surface area contributed by atoms with Crippen molar-refractivity contribution in [3.05, 3.63) is 0 Å². The van der Waals surface area contributed by atoms with E-state index in [9.17, 15) is 0 Å². The van der Waals surface area contributed by atoms with Crippen molar-refractivity contribution in [3.8, 4) is 0 Å². The molecule has 2 aliphatic rings. The maximum absolute atomic E-state index is 6.74. The van der Waals surface area contributed by atoms with Crippen LogP contribution in [0.15, 0.2) is 0 Å². The summed E-state index contributed by atoms with van der Waals surface area (Å²) in [6.45, 7) is 10.3. The predicted molar refractivity (Wildman–Crippen MR) is 90.6 cm³/mol. The molecule has 0 atom stereocenters. The van der Waals surface area contributed by atoms with Crippen molar-refractivity contribution in [2.24, 2.45) is 11.8 Å². The van der Waals surface area contributed by atoms with Crippen molar-refractivity contribution >= 4 is 0 Å². The number of nitrogens with one attached hydrogen (secondary N) is 1. The van der Waals surface area contributed by atoms with E-state index in [-0.39, 0.29) is 5.60 Å². The number of hydrogen-bond donors (Lipinski definition) is 1. The topological polar surface area (TPSA) is 21.3 Å². The van der Waals surface area contributed by atoms with Crippen LogP contribution in [0.5, 0.6) is 0 Å². The van der Waals surface area contributed by atoms with E-state index in [1.165, 1.54) is 57.8 Å². The molecule has 0 spiro atoms.